The van der Waals surface area contributed by atoms with Gasteiger partial charge in [-0.05, 0) is 40.5 Å². The third kappa shape index (κ3) is 5.04. The first kappa shape index (κ1) is 19.9. The zero-order valence-electron chi connectivity index (χ0n) is 13.4. The molecule has 0 saturated carbocycles. The summed E-state index contributed by atoms with van der Waals surface area (Å²) < 4.78 is 5.47. The second-order valence-electron chi connectivity index (χ2n) is 5.37. The SMILES string of the molecule is C=O.CC.COC1CC(C)(C)N(OC)C(C)(C)C1. The van der Waals surface area contributed by atoms with Gasteiger partial charge >= 0.3 is 0 Å². The van der Waals surface area contributed by atoms with E-state index in [9.17, 15) is 0 Å². The molecule has 4 heteroatoms. The highest BCUT2D eigenvalue weighted by Crippen LogP contribution is 2.39. The molecule has 0 aromatic rings. The highest BCUT2D eigenvalue weighted by Gasteiger charge is 2.46. The van der Waals surface area contributed by atoms with E-state index >= 15 is 0 Å². The molecular weight excluding hydrogens is 230 g/mol. The van der Waals surface area contributed by atoms with Crippen LogP contribution in [-0.2, 0) is 14.4 Å². The van der Waals surface area contributed by atoms with Crippen molar-refractivity contribution in [3.63, 3.8) is 0 Å². The second kappa shape index (κ2) is 8.62. The van der Waals surface area contributed by atoms with Gasteiger partial charge in [0.05, 0.1) is 13.2 Å². The summed E-state index contributed by atoms with van der Waals surface area (Å²) in [7, 11) is 3.54. The molecule has 0 amide bonds. The lowest BCUT2D eigenvalue weighted by molar-refractivity contribution is -0.278. The Balaban J connectivity index is 0. The number of nitrogens with zero attached hydrogens (tertiary/aromatic N) is 1. The first-order valence-corrected chi connectivity index (χ1v) is 6.49. The van der Waals surface area contributed by atoms with E-state index in [1.807, 2.05) is 20.6 Å². The number of rotatable bonds is 2. The van der Waals surface area contributed by atoms with Crippen molar-refractivity contribution in [2.75, 3.05) is 14.2 Å². The van der Waals surface area contributed by atoms with Crippen LogP contribution in [0.25, 0.3) is 0 Å². The minimum atomic E-state index is 0.0389. The lowest BCUT2D eigenvalue weighted by Gasteiger charge is -2.52. The van der Waals surface area contributed by atoms with Gasteiger partial charge in [-0.25, -0.2) is 0 Å². The van der Waals surface area contributed by atoms with Crippen LogP contribution < -0.4 is 0 Å². The van der Waals surface area contributed by atoms with E-state index in [0.29, 0.717) is 6.10 Å². The fourth-order valence-electron chi connectivity index (χ4n) is 2.83. The van der Waals surface area contributed by atoms with Crippen LogP contribution >= 0.6 is 0 Å². The molecule has 18 heavy (non-hydrogen) atoms. The van der Waals surface area contributed by atoms with Crippen LogP contribution in [0, 0.1) is 0 Å². The second-order valence-corrected chi connectivity index (χ2v) is 5.37. The topological polar surface area (TPSA) is 38.8 Å². The van der Waals surface area contributed by atoms with Crippen LogP contribution in [0.1, 0.15) is 54.4 Å². The van der Waals surface area contributed by atoms with Crippen molar-refractivity contribution in [2.24, 2.45) is 0 Å². The summed E-state index contributed by atoms with van der Waals surface area (Å²) in [6.07, 6.45) is 2.37. The maximum atomic E-state index is 8.00. The molecule has 0 aromatic heterocycles. The van der Waals surface area contributed by atoms with Crippen molar-refractivity contribution in [1.82, 2.24) is 5.06 Å². The summed E-state index contributed by atoms with van der Waals surface area (Å²) in [5, 5.41) is 2.09. The van der Waals surface area contributed by atoms with Crippen LogP contribution in [0.15, 0.2) is 0 Å². The Morgan fingerprint density at radius 2 is 1.33 bits per heavy atom. The van der Waals surface area contributed by atoms with Gasteiger partial charge < -0.3 is 14.4 Å². The number of ether oxygens (including phenoxy) is 1. The number of hydrogen-bond acceptors (Lipinski definition) is 4. The molecule has 1 saturated heterocycles. The zero-order chi connectivity index (χ0) is 15.0. The van der Waals surface area contributed by atoms with Gasteiger partial charge in [0.25, 0.3) is 0 Å². The van der Waals surface area contributed by atoms with Crippen LogP contribution in [0.3, 0.4) is 0 Å². The molecule has 4 nitrogen and oxygen atoms in total. The molecule has 1 heterocycles. The number of carbonyl (C=O) groups excluding carboxylic acids is 1. The fraction of sp³-hybridized carbons (Fsp3) is 0.929. The molecule has 0 aliphatic carbocycles. The number of piperidine rings is 1. The van der Waals surface area contributed by atoms with Gasteiger partial charge in [0.2, 0.25) is 0 Å². The molecule has 0 N–H and O–H groups in total. The van der Waals surface area contributed by atoms with Crippen LogP contribution in [0.5, 0.6) is 0 Å². The summed E-state index contributed by atoms with van der Waals surface area (Å²) in [5.41, 5.74) is 0.0777. The largest absolute Gasteiger partial charge is 0.381 e. The predicted octanol–water partition coefficient (Wildman–Crippen LogP) is 3.06. The number of methoxy groups -OCH3 is 1. The number of carbonyl (C=O) groups is 1. The average Bonchev–Trinajstić information content (AvgIpc) is 2.31. The molecule has 1 rings (SSSR count). The fourth-order valence-corrected chi connectivity index (χ4v) is 2.83. The number of hydrogen-bond donors (Lipinski definition) is 0. The van der Waals surface area contributed by atoms with Crippen molar-refractivity contribution in [2.45, 2.75) is 71.6 Å². The van der Waals surface area contributed by atoms with Gasteiger partial charge in [-0.15, -0.1) is 0 Å². The van der Waals surface area contributed by atoms with E-state index in [-0.39, 0.29) is 11.1 Å². The Hall–Kier alpha value is -0.450. The molecule has 0 unspecified atom stereocenters. The average molecular weight is 261 g/mol. The van der Waals surface area contributed by atoms with E-state index in [0.717, 1.165) is 12.8 Å². The van der Waals surface area contributed by atoms with Gasteiger partial charge in [0.1, 0.15) is 6.79 Å². The van der Waals surface area contributed by atoms with E-state index in [1.165, 1.54) is 0 Å². The zero-order valence-corrected chi connectivity index (χ0v) is 13.4. The summed E-state index contributed by atoms with van der Waals surface area (Å²) in [4.78, 5) is 13.5. The highest BCUT2D eigenvalue weighted by molar-refractivity contribution is 5.11. The minimum Gasteiger partial charge on any atom is -0.381 e. The highest BCUT2D eigenvalue weighted by atomic mass is 16.7. The van der Waals surface area contributed by atoms with Gasteiger partial charge in [-0.2, -0.15) is 5.06 Å². The van der Waals surface area contributed by atoms with Gasteiger partial charge in [-0.3, -0.25) is 0 Å². The molecule has 0 bridgehead atoms. The monoisotopic (exact) mass is 261 g/mol. The predicted molar refractivity (Wildman–Crippen MR) is 75.5 cm³/mol. The summed E-state index contributed by atoms with van der Waals surface area (Å²) in [5.74, 6) is 0. The molecular formula is C14H31NO3. The lowest BCUT2D eigenvalue weighted by Crippen LogP contribution is -2.61. The Labute approximate surface area is 113 Å². The van der Waals surface area contributed by atoms with Gasteiger partial charge in [0.15, 0.2) is 0 Å². The molecule has 0 atom stereocenters. The molecule has 0 aromatic carbocycles. The summed E-state index contributed by atoms with van der Waals surface area (Å²) in [6, 6.07) is 0. The maximum absolute atomic E-state index is 8.00. The van der Waals surface area contributed by atoms with E-state index in [1.54, 1.807) is 14.2 Å². The van der Waals surface area contributed by atoms with Gasteiger partial charge in [0, 0.05) is 18.2 Å². The van der Waals surface area contributed by atoms with Crippen molar-refractivity contribution >= 4 is 6.79 Å². The smallest absolute Gasteiger partial charge is 0.106 e. The van der Waals surface area contributed by atoms with Crippen LogP contribution in [0.2, 0.25) is 0 Å². The number of hydroxylamine groups is 2. The quantitative estimate of drug-likeness (QED) is 0.766. The molecule has 0 radical (unpaired) electrons. The van der Waals surface area contributed by atoms with Crippen molar-refractivity contribution in [1.29, 1.82) is 0 Å². The third-order valence-electron chi connectivity index (χ3n) is 3.07. The maximum Gasteiger partial charge on any atom is 0.106 e. The minimum absolute atomic E-state index is 0.0389. The van der Waals surface area contributed by atoms with Crippen molar-refractivity contribution in [3.05, 3.63) is 0 Å². The Bertz CT molecular complexity index is 199. The summed E-state index contributed by atoms with van der Waals surface area (Å²) in [6.45, 7) is 14.8. The van der Waals surface area contributed by atoms with E-state index in [2.05, 4.69) is 32.8 Å². The molecule has 1 aliphatic rings. The lowest BCUT2D eigenvalue weighted by atomic mass is 9.80. The van der Waals surface area contributed by atoms with Gasteiger partial charge in [-0.1, -0.05) is 13.8 Å². The molecule has 110 valence electrons. The molecule has 1 aliphatic heterocycles. The normalized spacial score (nSPS) is 22.2. The van der Waals surface area contributed by atoms with Crippen molar-refractivity contribution in [3.8, 4) is 0 Å². The van der Waals surface area contributed by atoms with E-state index in [4.69, 9.17) is 14.4 Å². The molecule has 0 spiro atoms. The van der Waals surface area contributed by atoms with Crippen LogP contribution in [0.4, 0.5) is 0 Å². The Morgan fingerprint density at radius 1 is 1.00 bits per heavy atom. The Morgan fingerprint density at radius 3 is 1.56 bits per heavy atom. The van der Waals surface area contributed by atoms with Crippen molar-refractivity contribution < 1.29 is 14.4 Å². The standard InChI is InChI=1S/C11H23NO2.C2H6.CH2O/c1-10(2)7-9(13-5)8-11(3,4)12(10)14-6;2*1-2/h9H,7-8H2,1-6H3;1-2H3;1H2. The summed E-state index contributed by atoms with van der Waals surface area (Å²) >= 11 is 0. The first-order chi connectivity index (χ1) is 8.33. The third-order valence-corrected chi connectivity index (χ3v) is 3.07. The first-order valence-electron chi connectivity index (χ1n) is 6.49. The molecule has 1 fully saturated rings. The van der Waals surface area contributed by atoms with Crippen LogP contribution in [-0.4, -0.2) is 43.3 Å². The van der Waals surface area contributed by atoms with E-state index < -0.39 is 0 Å². The Kier molecular flexibility index (Phi) is 9.52.